The van der Waals surface area contributed by atoms with Gasteiger partial charge in [-0.3, -0.25) is 0 Å². The van der Waals surface area contributed by atoms with E-state index in [0.29, 0.717) is 34.2 Å². The van der Waals surface area contributed by atoms with Gasteiger partial charge in [-0.05, 0) is 12.1 Å². The van der Waals surface area contributed by atoms with Crippen LogP contribution < -0.4 is 15.2 Å². The van der Waals surface area contributed by atoms with Gasteiger partial charge in [0.05, 0.1) is 13.4 Å². The first-order valence-corrected chi connectivity index (χ1v) is 5.53. The molecule has 0 radical (unpaired) electrons. The Kier molecular flexibility index (Phi) is 2.64. The molecule has 0 unspecified atom stereocenters. The van der Waals surface area contributed by atoms with Gasteiger partial charge in [0.15, 0.2) is 17.1 Å². The Bertz CT molecular complexity index is 725. The molecule has 0 saturated heterocycles. The normalized spacial score (nSPS) is 10.6. The van der Waals surface area contributed by atoms with Crippen LogP contribution >= 0.6 is 0 Å². The number of rotatable bonds is 3. The number of nitrogen functional groups attached to an aromatic ring is 1. The summed E-state index contributed by atoms with van der Waals surface area (Å²) in [5.74, 6) is 1.43. The lowest BCUT2D eigenvalue weighted by molar-refractivity contribution is 0.375. The van der Waals surface area contributed by atoms with Crippen LogP contribution in [0.15, 0.2) is 30.9 Å². The zero-order valence-electron chi connectivity index (χ0n) is 10.1. The van der Waals surface area contributed by atoms with Gasteiger partial charge in [0.1, 0.15) is 11.8 Å². The molecule has 7 nitrogen and oxygen atoms in total. The van der Waals surface area contributed by atoms with Gasteiger partial charge in [-0.25, -0.2) is 9.97 Å². The predicted molar refractivity (Wildman–Crippen MR) is 69.2 cm³/mol. The second kappa shape index (κ2) is 4.45. The molecule has 0 saturated carbocycles. The highest BCUT2D eigenvalue weighted by atomic mass is 16.5. The van der Waals surface area contributed by atoms with E-state index < -0.39 is 0 Å². The van der Waals surface area contributed by atoms with E-state index in [4.69, 9.17) is 15.2 Å². The first kappa shape index (κ1) is 11.3. The van der Waals surface area contributed by atoms with Crippen LogP contribution in [-0.4, -0.2) is 27.0 Å². The second-order valence-corrected chi connectivity index (χ2v) is 3.79. The number of nitrogens with two attached hydrogens (primary N) is 1. The highest BCUT2D eigenvalue weighted by Crippen LogP contribution is 2.33. The maximum atomic E-state index is 5.72. The van der Waals surface area contributed by atoms with E-state index in [-0.39, 0.29) is 0 Å². The fraction of sp³-hybridized carbons (Fsp3) is 0.0833. The molecule has 0 spiro atoms. The van der Waals surface area contributed by atoms with Crippen LogP contribution in [0.2, 0.25) is 0 Å². The van der Waals surface area contributed by atoms with E-state index in [0.717, 1.165) is 0 Å². The number of methoxy groups -OCH3 is 1. The van der Waals surface area contributed by atoms with Crippen LogP contribution in [0.5, 0.6) is 17.4 Å². The highest BCUT2D eigenvalue weighted by Gasteiger charge is 2.11. The predicted octanol–water partition coefficient (Wildman–Crippen LogP) is 1.74. The minimum atomic E-state index is 0.380. The summed E-state index contributed by atoms with van der Waals surface area (Å²) < 4.78 is 10.9. The van der Waals surface area contributed by atoms with Crippen LogP contribution in [-0.2, 0) is 0 Å². The van der Waals surface area contributed by atoms with Gasteiger partial charge < -0.3 is 20.2 Å². The number of fused-ring (bicyclic) bond motifs is 1. The molecule has 0 aliphatic carbocycles. The minimum Gasteiger partial charge on any atom is -0.493 e. The van der Waals surface area contributed by atoms with Crippen LogP contribution in [0.3, 0.4) is 0 Å². The van der Waals surface area contributed by atoms with Crippen molar-refractivity contribution >= 4 is 16.9 Å². The Morgan fingerprint density at radius 3 is 2.89 bits per heavy atom. The van der Waals surface area contributed by atoms with Crippen molar-refractivity contribution < 1.29 is 9.47 Å². The Hall–Kier alpha value is -2.83. The van der Waals surface area contributed by atoms with Crippen molar-refractivity contribution in [3.05, 3.63) is 30.9 Å². The van der Waals surface area contributed by atoms with Crippen molar-refractivity contribution in [2.75, 3.05) is 12.8 Å². The smallest absolute Gasteiger partial charge is 0.248 e. The molecule has 0 amide bonds. The summed E-state index contributed by atoms with van der Waals surface area (Å²) in [7, 11) is 1.55. The lowest BCUT2D eigenvalue weighted by Gasteiger charge is -2.10. The first-order chi connectivity index (χ1) is 9.28. The van der Waals surface area contributed by atoms with Crippen molar-refractivity contribution in [2.45, 2.75) is 0 Å². The Labute approximate surface area is 108 Å². The molecule has 19 heavy (non-hydrogen) atoms. The molecule has 96 valence electrons. The van der Waals surface area contributed by atoms with Gasteiger partial charge in [0.25, 0.3) is 0 Å². The summed E-state index contributed by atoms with van der Waals surface area (Å²) in [5, 5.41) is 0. The summed E-state index contributed by atoms with van der Waals surface area (Å²) in [6, 6.07) is 5.13. The molecule has 0 aliphatic heterocycles. The van der Waals surface area contributed by atoms with E-state index >= 15 is 0 Å². The summed E-state index contributed by atoms with van der Waals surface area (Å²) in [4.78, 5) is 15.1. The minimum absolute atomic E-state index is 0.380. The van der Waals surface area contributed by atoms with Gasteiger partial charge in [-0.1, -0.05) is 0 Å². The lowest BCUT2D eigenvalue weighted by atomic mass is 10.3. The van der Waals surface area contributed by atoms with Crippen molar-refractivity contribution in [1.82, 2.24) is 19.9 Å². The van der Waals surface area contributed by atoms with E-state index in [1.807, 2.05) is 0 Å². The number of imidazole rings is 1. The molecule has 7 heteroatoms. The molecular formula is C12H11N5O2. The van der Waals surface area contributed by atoms with Crippen LogP contribution in [0.4, 0.5) is 5.69 Å². The van der Waals surface area contributed by atoms with Crippen molar-refractivity contribution in [1.29, 1.82) is 0 Å². The average molecular weight is 257 g/mol. The van der Waals surface area contributed by atoms with Crippen molar-refractivity contribution in [3.63, 3.8) is 0 Å². The molecule has 0 bridgehead atoms. The van der Waals surface area contributed by atoms with Crippen molar-refractivity contribution in [2.24, 2.45) is 0 Å². The number of H-pyrrole nitrogens is 1. The summed E-state index contributed by atoms with van der Waals surface area (Å²) in [6.07, 6.45) is 2.93. The van der Waals surface area contributed by atoms with E-state index in [9.17, 15) is 0 Å². The Morgan fingerprint density at radius 1 is 1.16 bits per heavy atom. The van der Waals surface area contributed by atoms with E-state index in [1.54, 1.807) is 25.3 Å². The molecule has 0 atom stereocenters. The molecule has 3 N–H and O–H groups in total. The molecular weight excluding hydrogens is 246 g/mol. The average Bonchev–Trinajstić information content (AvgIpc) is 2.90. The monoisotopic (exact) mass is 257 g/mol. The molecule has 0 fully saturated rings. The van der Waals surface area contributed by atoms with Gasteiger partial charge in [-0.15, -0.1) is 0 Å². The number of aromatic nitrogens is 4. The summed E-state index contributed by atoms with van der Waals surface area (Å²) >= 11 is 0. The first-order valence-electron chi connectivity index (χ1n) is 5.53. The summed E-state index contributed by atoms with van der Waals surface area (Å²) in [6.45, 7) is 0. The quantitative estimate of drug-likeness (QED) is 0.693. The topological polar surface area (TPSA) is 98.9 Å². The second-order valence-electron chi connectivity index (χ2n) is 3.79. The Morgan fingerprint density at radius 2 is 2.05 bits per heavy atom. The van der Waals surface area contributed by atoms with E-state index in [2.05, 4.69) is 19.9 Å². The molecule has 1 aromatic carbocycles. The zero-order chi connectivity index (χ0) is 13.2. The molecule has 3 aromatic rings. The Balaban J connectivity index is 2.03. The van der Waals surface area contributed by atoms with Crippen LogP contribution in [0.25, 0.3) is 11.2 Å². The number of hydrogen-bond donors (Lipinski definition) is 2. The number of benzene rings is 1. The molecule has 3 rings (SSSR count). The maximum Gasteiger partial charge on any atom is 0.248 e. The van der Waals surface area contributed by atoms with Crippen molar-refractivity contribution in [3.8, 4) is 17.4 Å². The molecule has 2 aromatic heterocycles. The number of nitrogens with zero attached hydrogens (tertiary/aromatic N) is 3. The third-order valence-corrected chi connectivity index (χ3v) is 2.58. The number of anilines is 1. The lowest BCUT2D eigenvalue weighted by Crippen LogP contribution is -1.95. The number of aromatic amines is 1. The number of ether oxygens (including phenoxy) is 2. The molecule has 0 aliphatic rings. The third-order valence-electron chi connectivity index (χ3n) is 2.58. The maximum absolute atomic E-state index is 5.72. The van der Waals surface area contributed by atoms with Gasteiger partial charge in [-0.2, -0.15) is 4.98 Å². The van der Waals surface area contributed by atoms with Gasteiger partial charge >= 0.3 is 0 Å². The van der Waals surface area contributed by atoms with Crippen LogP contribution in [0, 0.1) is 0 Å². The van der Waals surface area contributed by atoms with E-state index in [1.165, 1.54) is 12.7 Å². The van der Waals surface area contributed by atoms with Gasteiger partial charge in [0.2, 0.25) is 5.88 Å². The standard InChI is InChI=1S/C12H11N5O2/c1-18-9-4-7(13)2-3-8(9)19-12-10-11(15-5-14-10)16-6-17-12/h2-6H,13H2,1H3,(H,14,15,16,17). The largest absolute Gasteiger partial charge is 0.493 e. The molecule has 2 heterocycles. The van der Waals surface area contributed by atoms with Crippen LogP contribution in [0.1, 0.15) is 0 Å². The third kappa shape index (κ3) is 2.01. The highest BCUT2D eigenvalue weighted by molar-refractivity contribution is 5.75. The summed E-state index contributed by atoms with van der Waals surface area (Å²) in [5.41, 5.74) is 7.46. The fourth-order valence-corrected chi connectivity index (χ4v) is 1.69. The number of hydrogen-bond acceptors (Lipinski definition) is 6. The number of nitrogens with one attached hydrogen (secondary N) is 1. The zero-order valence-corrected chi connectivity index (χ0v) is 10.1. The van der Waals surface area contributed by atoms with Gasteiger partial charge in [0, 0.05) is 11.8 Å². The SMILES string of the molecule is COc1cc(N)ccc1Oc1ncnc2nc[nH]c12. The fourth-order valence-electron chi connectivity index (χ4n) is 1.69.